The fourth-order valence-electron chi connectivity index (χ4n) is 4.41. The zero-order valence-corrected chi connectivity index (χ0v) is 16.0. The lowest BCUT2D eigenvalue weighted by molar-refractivity contribution is 0.308. The topological polar surface area (TPSA) is 0 Å². The maximum atomic E-state index is 13.4. The lowest BCUT2D eigenvalue weighted by Gasteiger charge is -2.28. The molecule has 2 heteroatoms. The molecule has 1 saturated carbocycles. The van der Waals surface area contributed by atoms with Gasteiger partial charge < -0.3 is 0 Å². The highest BCUT2D eigenvalue weighted by Crippen LogP contribution is 2.37. The van der Waals surface area contributed by atoms with Crippen molar-refractivity contribution < 1.29 is 8.78 Å². The minimum Gasteiger partial charge on any atom is -0.204 e. The average Bonchev–Trinajstić information content (AvgIpc) is 2.65. The van der Waals surface area contributed by atoms with Crippen LogP contribution in [-0.2, 0) is 6.42 Å². The molecule has 140 valence electrons. The van der Waals surface area contributed by atoms with E-state index >= 15 is 0 Å². The van der Waals surface area contributed by atoms with Crippen LogP contribution in [0.1, 0.15) is 80.9 Å². The summed E-state index contributed by atoms with van der Waals surface area (Å²) in [6.07, 6.45) is 8.90. The van der Waals surface area contributed by atoms with Crippen LogP contribution in [0.2, 0.25) is 0 Å². The normalized spacial score (nSPS) is 21.5. The predicted octanol–water partition coefficient (Wildman–Crippen LogP) is 7.38. The first-order valence-corrected chi connectivity index (χ1v) is 10.1. The molecule has 1 aliphatic rings. The number of halogens is 2. The smallest absolute Gasteiger partial charge is 0.159 e. The summed E-state index contributed by atoms with van der Waals surface area (Å²) < 4.78 is 26.5. The van der Waals surface area contributed by atoms with E-state index in [0.717, 1.165) is 17.9 Å². The molecule has 0 heterocycles. The Morgan fingerprint density at radius 3 is 2.23 bits per heavy atom. The van der Waals surface area contributed by atoms with Gasteiger partial charge in [0, 0.05) is 0 Å². The molecule has 26 heavy (non-hydrogen) atoms. The van der Waals surface area contributed by atoms with Gasteiger partial charge in [-0.2, -0.15) is 0 Å². The molecule has 3 rings (SSSR count). The number of hydrogen-bond donors (Lipinski definition) is 0. The molecule has 0 unspecified atom stereocenters. The van der Waals surface area contributed by atoms with Crippen molar-refractivity contribution in [3.63, 3.8) is 0 Å². The van der Waals surface area contributed by atoms with E-state index < -0.39 is 11.6 Å². The van der Waals surface area contributed by atoms with Gasteiger partial charge in [0.1, 0.15) is 0 Å². The standard InChI is InChI=1S/C24H30F2/c1-3-4-18-5-9-20(10-6-18)21-11-7-19(8-12-21)15-17(2)22-13-14-23(25)24(26)16-22/h7-8,11-14,16-18,20H,3-6,9-10,15H2,1-2H3/t17-,18?,20?/m1/s1. The second kappa shape index (κ2) is 8.79. The van der Waals surface area contributed by atoms with Gasteiger partial charge in [-0.05, 0) is 78.7 Å². The third kappa shape index (κ3) is 4.72. The Hall–Kier alpha value is -1.70. The van der Waals surface area contributed by atoms with Gasteiger partial charge in [0.05, 0.1) is 0 Å². The van der Waals surface area contributed by atoms with Crippen molar-refractivity contribution in [2.24, 2.45) is 5.92 Å². The van der Waals surface area contributed by atoms with Crippen molar-refractivity contribution >= 4 is 0 Å². The van der Waals surface area contributed by atoms with Crippen LogP contribution in [0.4, 0.5) is 8.78 Å². The average molecular weight is 357 g/mol. The molecule has 2 aromatic carbocycles. The van der Waals surface area contributed by atoms with E-state index in [2.05, 4.69) is 38.1 Å². The SMILES string of the molecule is CCCC1CCC(c2ccc(C[C@@H](C)c3ccc(F)c(F)c3)cc2)CC1. The molecule has 0 saturated heterocycles. The molecule has 0 aromatic heterocycles. The first kappa shape index (κ1) is 19.1. The Bertz CT molecular complexity index is 697. The van der Waals surface area contributed by atoms with E-state index in [9.17, 15) is 8.78 Å². The Kier molecular flexibility index (Phi) is 6.45. The quantitative estimate of drug-likeness (QED) is 0.506. The summed E-state index contributed by atoms with van der Waals surface area (Å²) in [5, 5.41) is 0. The zero-order chi connectivity index (χ0) is 18.5. The van der Waals surface area contributed by atoms with E-state index in [4.69, 9.17) is 0 Å². The molecule has 0 amide bonds. The molecule has 0 nitrogen and oxygen atoms in total. The molecule has 0 N–H and O–H groups in total. The molecule has 0 radical (unpaired) electrons. The third-order valence-corrected chi connectivity index (χ3v) is 6.05. The van der Waals surface area contributed by atoms with Gasteiger partial charge in [0.15, 0.2) is 11.6 Å². The second-order valence-corrected chi connectivity index (χ2v) is 8.03. The third-order valence-electron chi connectivity index (χ3n) is 6.05. The van der Waals surface area contributed by atoms with Crippen LogP contribution in [0.3, 0.4) is 0 Å². The van der Waals surface area contributed by atoms with Crippen LogP contribution >= 0.6 is 0 Å². The van der Waals surface area contributed by atoms with E-state index in [-0.39, 0.29) is 5.92 Å². The first-order chi connectivity index (χ1) is 12.6. The van der Waals surface area contributed by atoms with Gasteiger partial charge in [0.25, 0.3) is 0 Å². The fraction of sp³-hybridized carbons (Fsp3) is 0.500. The van der Waals surface area contributed by atoms with Crippen molar-refractivity contribution in [2.75, 3.05) is 0 Å². The van der Waals surface area contributed by atoms with Gasteiger partial charge in [-0.3, -0.25) is 0 Å². The van der Waals surface area contributed by atoms with Crippen LogP contribution in [-0.4, -0.2) is 0 Å². The van der Waals surface area contributed by atoms with Crippen LogP contribution in [0.5, 0.6) is 0 Å². The van der Waals surface area contributed by atoms with Crippen LogP contribution in [0, 0.1) is 17.6 Å². The summed E-state index contributed by atoms with van der Waals surface area (Å²) in [6, 6.07) is 13.2. The summed E-state index contributed by atoms with van der Waals surface area (Å²) in [5.74, 6) is 0.274. The number of benzene rings is 2. The number of rotatable bonds is 6. The molecule has 0 bridgehead atoms. The molecule has 0 spiro atoms. The van der Waals surface area contributed by atoms with Crippen LogP contribution in [0.25, 0.3) is 0 Å². The lowest BCUT2D eigenvalue weighted by Crippen LogP contribution is -2.13. The summed E-state index contributed by atoms with van der Waals surface area (Å²) in [7, 11) is 0. The fourth-order valence-corrected chi connectivity index (χ4v) is 4.41. The predicted molar refractivity (Wildman–Crippen MR) is 105 cm³/mol. The van der Waals surface area contributed by atoms with Gasteiger partial charge in [-0.15, -0.1) is 0 Å². The Labute approximate surface area is 156 Å². The molecule has 1 atom stereocenters. The molecular formula is C24H30F2. The van der Waals surface area contributed by atoms with Gasteiger partial charge in [-0.25, -0.2) is 8.78 Å². The first-order valence-electron chi connectivity index (χ1n) is 10.1. The molecule has 1 aliphatic carbocycles. The Balaban J connectivity index is 1.58. The van der Waals surface area contributed by atoms with Crippen LogP contribution < -0.4 is 0 Å². The number of hydrogen-bond acceptors (Lipinski definition) is 0. The van der Waals surface area contributed by atoms with Gasteiger partial charge >= 0.3 is 0 Å². The highest BCUT2D eigenvalue weighted by Gasteiger charge is 2.21. The molecule has 2 aromatic rings. The highest BCUT2D eigenvalue weighted by atomic mass is 19.2. The van der Waals surface area contributed by atoms with E-state index in [1.165, 1.54) is 61.8 Å². The Morgan fingerprint density at radius 2 is 1.62 bits per heavy atom. The lowest BCUT2D eigenvalue weighted by atomic mass is 9.77. The highest BCUT2D eigenvalue weighted by molar-refractivity contribution is 5.29. The Morgan fingerprint density at radius 1 is 0.923 bits per heavy atom. The van der Waals surface area contributed by atoms with Crippen LogP contribution in [0.15, 0.2) is 42.5 Å². The maximum Gasteiger partial charge on any atom is 0.159 e. The summed E-state index contributed by atoms with van der Waals surface area (Å²) in [6.45, 7) is 4.35. The minimum atomic E-state index is -0.779. The zero-order valence-electron chi connectivity index (χ0n) is 16.0. The summed E-state index contributed by atoms with van der Waals surface area (Å²) in [5.41, 5.74) is 3.57. The summed E-state index contributed by atoms with van der Waals surface area (Å²) in [4.78, 5) is 0. The molecular weight excluding hydrogens is 326 g/mol. The second-order valence-electron chi connectivity index (χ2n) is 8.03. The van der Waals surface area contributed by atoms with E-state index in [0.29, 0.717) is 5.92 Å². The van der Waals surface area contributed by atoms with Gasteiger partial charge in [0.2, 0.25) is 0 Å². The van der Waals surface area contributed by atoms with E-state index in [1.54, 1.807) is 6.07 Å². The molecule has 0 aliphatic heterocycles. The maximum absolute atomic E-state index is 13.4. The van der Waals surface area contributed by atoms with Crippen molar-refractivity contribution in [1.82, 2.24) is 0 Å². The molecule has 1 fully saturated rings. The summed E-state index contributed by atoms with van der Waals surface area (Å²) >= 11 is 0. The minimum absolute atomic E-state index is 0.167. The van der Waals surface area contributed by atoms with Crippen molar-refractivity contribution in [3.05, 3.63) is 70.8 Å². The van der Waals surface area contributed by atoms with Crippen molar-refractivity contribution in [1.29, 1.82) is 0 Å². The largest absolute Gasteiger partial charge is 0.204 e. The van der Waals surface area contributed by atoms with E-state index in [1.807, 2.05) is 0 Å². The monoisotopic (exact) mass is 356 g/mol. The van der Waals surface area contributed by atoms with Gasteiger partial charge in [-0.1, -0.05) is 57.0 Å². The van der Waals surface area contributed by atoms with Crippen molar-refractivity contribution in [2.45, 2.75) is 70.6 Å². The van der Waals surface area contributed by atoms with Crippen molar-refractivity contribution in [3.8, 4) is 0 Å².